The lowest BCUT2D eigenvalue weighted by Crippen LogP contribution is -2.57. The van der Waals surface area contributed by atoms with E-state index in [1.807, 2.05) is 0 Å². The largest absolute Gasteiger partial charge is 0.383 e. The highest BCUT2D eigenvalue weighted by atomic mass is 16.5. The average Bonchev–Trinajstić information content (AvgIpc) is 2.26. The number of nitrogens with two attached hydrogens (primary N) is 1. The van der Waals surface area contributed by atoms with Gasteiger partial charge in [0.1, 0.15) is 0 Å². The van der Waals surface area contributed by atoms with Gasteiger partial charge in [0.25, 0.3) is 0 Å². The number of nitrogens with zero attached hydrogens (tertiary/aromatic N) is 1. The third kappa shape index (κ3) is 3.44. The Morgan fingerprint density at radius 1 is 1.12 bits per heavy atom. The summed E-state index contributed by atoms with van der Waals surface area (Å²) in [7, 11) is 1.78. The van der Waals surface area contributed by atoms with Crippen LogP contribution in [0.4, 0.5) is 0 Å². The van der Waals surface area contributed by atoms with E-state index in [9.17, 15) is 0 Å². The molecule has 0 aromatic heterocycles. The topological polar surface area (TPSA) is 38.5 Å². The highest BCUT2D eigenvalue weighted by Gasteiger charge is 2.33. The van der Waals surface area contributed by atoms with Crippen LogP contribution in [-0.2, 0) is 4.74 Å². The molecule has 0 aromatic rings. The van der Waals surface area contributed by atoms with Crippen molar-refractivity contribution in [3.63, 3.8) is 0 Å². The van der Waals surface area contributed by atoms with Gasteiger partial charge in [-0.25, -0.2) is 0 Å². The summed E-state index contributed by atoms with van der Waals surface area (Å²) in [6.45, 7) is 6.07. The maximum atomic E-state index is 6.00. The van der Waals surface area contributed by atoms with Crippen LogP contribution in [0, 0.1) is 0 Å². The Hall–Kier alpha value is -0.120. The van der Waals surface area contributed by atoms with Gasteiger partial charge in [0, 0.05) is 13.7 Å². The minimum Gasteiger partial charge on any atom is -0.383 e. The first kappa shape index (κ1) is 13.9. The number of rotatable bonds is 5. The lowest BCUT2D eigenvalue weighted by atomic mass is 9.92. The molecule has 3 heteroatoms. The van der Waals surface area contributed by atoms with Gasteiger partial charge in [-0.15, -0.1) is 0 Å². The van der Waals surface area contributed by atoms with Gasteiger partial charge in [-0.05, 0) is 32.4 Å². The molecule has 0 bridgehead atoms. The number of likely N-dealkylation sites (tertiary alicyclic amines) is 1. The van der Waals surface area contributed by atoms with Crippen LogP contribution in [-0.4, -0.2) is 43.8 Å². The molecule has 1 aliphatic rings. The SMILES string of the molecule is CCC(CN)(COC)N1CCCCCCC1. The molecule has 0 amide bonds. The van der Waals surface area contributed by atoms with E-state index in [1.54, 1.807) is 7.11 Å². The Balaban J connectivity index is 2.65. The van der Waals surface area contributed by atoms with E-state index in [1.165, 1.54) is 45.2 Å². The summed E-state index contributed by atoms with van der Waals surface area (Å²) in [5.41, 5.74) is 6.08. The van der Waals surface area contributed by atoms with Gasteiger partial charge < -0.3 is 10.5 Å². The molecule has 16 heavy (non-hydrogen) atoms. The van der Waals surface area contributed by atoms with E-state index >= 15 is 0 Å². The molecule has 0 radical (unpaired) electrons. The lowest BCUT2D eigenvalue weighted by molar-refractivity contribution is 0.00729. The van der Waals surface area contributed by atoms with Gasteiger partial charge in [0.15, 0.2) is 0 Å². The van der Waals surface area contributed by atoms with Gasteiger partial charge in [-0.2, -0.15) is 0 Å². The van der Waals surface area contributed by atoms with Gasteiger partial charge in [-0.1, -0.05) is 26.2 Å². The lowest BCUT2D eigenvalue weighted by Gasteiger charge is -2.43. The fourth-order valence-electron chi connectivity index (χ4n) is 2.74. The fourth-order valence-corrected chi connectivity index (χ4v) is 2.74. The highest BCUT2D eigenvalue weighted by molar-refractivity contribution is 4.91. The summed E-state index contributed by atoms with van der Waals surface area (Å²) in [5.74, 6) is 0. The Labute approximate surface area is 100 Å². The third-order valence-electron chi connectivity index (χ3n) is 3.98. The van der Waals surface area contributed by atoms with Crippen molar-refractivity contribution in [2.75, 3.05) is 33.4 Å². The molecular weight excluding hydrogens is 200 g/mol. The maximum Gasteiger partial charge on any atom is 0.0658 e. The molecule has 0 aliphatic carbocycles. The summed E-state index contributed by atoms with van der Waals surface area (Å²) >= 11 is 0. The van der Waals surface area contributed by atoms with E-state index in [-0.39, 0.29) is 5.54 Å². The summed E-state index contributed by atoms with van der Waals surface area (Å²) < 4.78 is 5.39. The van der Waals surface area contributed by atoms with Crippen molar-refractivity contribution >= 4 is 0 Å². The van der Waals surface area contributed by atoms with Crippen molar-refractivity contribution in [1.82, 2.24) is 4.90 Å². The molecule has 0 spiro atoms. The number of methoxy groups -OCH3 is 1. The predicted octanol–water partition coefficient (Wildman–Crippen LogP) is 2.01. The van der Waals surface area contributed by atoms with Crippen LogP contribution in [0.15, 0.2) is 0 Å². The summed E-state index contributed by atoms with van der Waals surface area (Å²) in [4.78, 5) is 2.58. The van der Waals surface area contributed by atoms with Crippen molar-refractivity contribution in [3.05, 3.63) is 0 Å². The van der Waals surface area contributed by atoms with E-state index in [4.69, 9.17) is 10.5 Å². The first-order valence-corrected chi connectivity index (χ1v) is 6.73. The molecule has 3 nitrogen and oxygen atoms in total. The second kappa shape index (κ2) is 7.25. The molecule has 96 valence electrons. The minimum absolute atomic E-state index is 0.0755. The Morgan fingerprint density at radius 3 is 2.12 bits per heavy atom. The summed E-state index contributed by atoms with van der Waals surface area (Å²) in [6, 6.07) is 0. The molecule has 1 fully saturated rings. The molecule has 1 rings (SSSR count). The zero-order chi connectivity index (χ0) is 11.9. The molecule has 1 saturated heterocycles. The second-order valence-electron chi connectivity index (χ2n) is 4.97. The van der Waals surface area contributed by atoms with Crippen molar-refractivity contribution in [1.29, 1.82) is 0 Å². The molecular formula is C13H28N2O. The maximum absolute atomic E-state index is 6.00. The monoisotopic (exact) mass is 228 g/mol. The van der Waals surface area contributed by atoms with Crippen LogP contribution in [0.5, 0.6) is 0 Å². The average molecular weight is 228 g/mol. The van der Waals surface area contributed by atoms with Crippen LogP contribution < -0.4 is 5.73 Å². The van der Waals surface area contributed by atoms with Crippen molar-refractivity contribution in [2.45, 2.75) is 51.0 Å². The fraction of sp³-hybridized carbons (Fsp3) is 1.00. The van der Waals surface area contributed by atoms with Crippen molar-refractivity contribution in [3.8, 4) is 0 Å². The minimum atomic E-state index is 0.0755. The van der Waals surface area contributed by atoms with E-state index in [0.29, 0.717) is 6.54 Å². The molecule has 2 N–H and O–H groups in total. The quantitative estimate of drug-likeness (QED) is 0.782. The number of hydrogen-bond acceptors (Lipinski definition) is 3. The van der Waals surface area contributed by atoms with Crippen molar-refractivity contribution < 1.29 is 4.74 Å². The van der Waals surface area contributed by atoms with Crippen LogP contribution in [0.25, 0.3) is 0 Å². The second-order valence-corrected chi connectivity index (χ2v) is 4.97. The number of ether oxygens (including phenoxy) is 1. The van der Waals surface area contributed by atoms with Crippen LogP contribution in [0.1, 0.15) is 45.4 Å². The summed E-state index contributed by atoms with van der Waals surface area (Å²) in [5, 5.41) is 0. The Morgan fingerprint density at radius 2 is 1.69 bits per heavy atom. The summed E-state index contributed by atoms with van der Waals surface area (Å²) in [6.07, 6.45) is 7.84. The molecule has 1 unspecified atom stereocenters. The highest BCUT2D eigenvalue weighted by Crippen LogP contribution is 2.23. The first-order valence-electron chi connectivity index (χ1n) is 6.73. The van der Waals surface area contributed by atoms with Crippen LogP contribution in [0.2, 0.25) is 0 Å². The molecule has 0 saturated carbocycles. The normalized spacial score (nSPS) is 23.4. The number of hydrogen-bond donors (Lipinski definition) is 1. The van der Waals surface area contributed by atoms with Gasteiger partial charge >= 0.3 is 0 Å². The molecule has 1 heterocycles. The third-order valence-corrected chi connectivity index (χ3v) is 3.98. The van der Waals surface area contributed by atoms with Crippen LogP contribution in [0.3, 0.4) is 0 Å². The van der Waals surface area contributed by atoms with Gasteiger partial charge in [0.05, 0.1) is 12.1 Å². The molecule has 1 aliphatic heterocycles. The zero-order valence-corrected chi connectivity index (χ0v) is 11.0. The Kier molecular flexibility index (Phi) is 6.32. The van der Waals surface area contributed by atoms with Gasteiger partial charge in [0.2, 0.25) is 0 Å². The van der Waals surface area contributed by atoms with E-state index < -0.39 is 0 Å². The van der Waals surface area contributed by atoms with Crippen molar-refractivity contribution in [2.24, 2.45) is 5.73 Å². The van der Waals surface area contributed by atoms with Crippen LogP contribution >= 0.6 is 0 Å². The molecule has 0 aromatic carbocycles. The van der Waals surface area contributed by atoms with E-state index in [0.717, 1.165) is 13.0 Å². The predicted molar refractivity (Wildman–Crippen MR) is 68.6 cm³/mol. The first-order chi connectivity index (χ1) is 7.79. The molecule has 1 atom stereocenters. The smallest absolute Gasteiger partial charge is 0.0658 e. The van der Waals surface area contributed by atoms with E-state index in [2.05, 4.69) is 11.8 Å². The standard InChI is InChI=1S/C13H28N2O/c1-3-13(11-14,12-16-2)15-9-7-5-4-6-8-10-15/h3-12,14H2,1-2H3. The van der Waals surface area contributed by atoms with Gasteiger partial charge in [-0.3, -0.25) is 4.90 Å². The zero-order valence-electron chi connectivity index (χ0n) is 11.0. The Bertz CT molecular complexity index is 173.